The number of hydrogen-bond acceptors (Lipinski definition) is 3. The van der Waals surface area contributed by atoms with Crippen molar-refractivity contribution >= 4 is 11.6 Å². The Morgan fingerprint density at radius 1 is 1.32 bits per heavy atom. The molecule has 0 saturated heterocycles. The maximum Gasteiger partial charge on any atom is 0.166 e. The largest absolute Gasteiger partial charge is 0.496 e. The van der Waals surface area contributed by atoms with E-state index in [-0.39, 0.29) is 17.6 Å². The average Bonchev–Trinajstić information content (AvgIpc) is 2.43. The first-order chi connectivity index (χ1) is 9.11. The highest BCUT2D eigenvalue weighted by atomic mass is 16.5. The molecule has 0 radical (unpaired) electrons. The zero-order chi connectivity index (χ0) is 13.8. The lowest BCUT2D eigenvalue weighted by atomic mass is 9.79. The van der Waals surface area contributed by atoms with Gasteiger partial charge in [-0.25, -0.2) is 0 Å². The highest BCUT2D eigenvalue weighted by molar-refractivity contribution is 5.99. The van der Waals surface area contributed by atoms with Gasteiger partial charge >= 0.3 is 0 Å². The molecule has 1 aromatic carbocycles. The topological polar surface area (TPSA) is 43.4 Å². The van der Waals surface area contributed by atoms with Gasteiger partial charge in [-0.2, -0.15) is 0 Å². The summed E-state index contributed by atoms with van der Waals surface area (Å²) in [7, 11) is 1.57. The highest BCUT2D eigenvalue weighted by Gasteiger charge is 2.27. The van der Waals surface area contributed by atoms with E-state index in [1.54, 1.807) is 19.2 Å². The Balaban J connectivity index is 2.03. The maximum atomic E-state index is 12.3. The number of rotatable bonds is 4. The second-order valence-corrected chi connectivity index (χ2v) is 5.34. The van der Waals surface area contributed by atoms with Crippen molar-refractivity contribution in [3.05, 3.63) is 29.8 Å². The van der Waals surface area contributed by atoms with Crippen LogP contribution in [0.2, 0.25) is 0 Å². The van der Waals surface area contributed by atoms with Gasteiger partial charge in [0.15, 0.2) is 5.78 Å². The first-order valence-electron chi connectivity index (χ1n) is 6.80. The van der Waals surface area contributed by atoms with E-state index in [1.807, 2.05) is 19.1 Å². The number of Topliss-reactive ketones (excluding diaryl/α,β-unsaturated/α-hetero) is 2. The van der Waals surface area contributed by atoms with E-state index in [0.717, 1.165) is 12.8 Å². The minimum Gasteiger partial charge on any atom is -0.496 e. The number of carbonyl (C=O) groups is 2. The van der Waals surface area contributed by atoms with Gasteiger partial charge in [0.25, 0.3) is 0 Å². The summed E-state index contributed by atoms with van der Waals surface area (Å²) in [6, 6.07) is 7.26. The summed E-state index contributed by atoms with van der Waals surface area (Å²) in [6.45, 7) is 1.97. The van der Waals surface area contributed by atoms with E-state index in [4.69, 9.17) is 4.74 Å². The average molecular weight is 260 g/mol. The first-order valence-corrected chi connectivity index (χ1v) is 6.80. The fourth-order valence-corrected chi connectivity index (χ4v) is 2.66. The van der Waals surface area contributed by atoms with Crippen molar-refractivity contribution in [2.45, 2.75) is 32.6 Å². The van der Waals surface area contributed by atoms with E-state index in [0.29, 0.717) is 29.9 Å². The monoisotopic (exact) mass is 260 g/mol. The summed E-state index contributed by atoms with van der Waals surface area (Å²) in [4.78, 5) is 24.0. The molecule has 0 spiro atoms. The molecule has 0 aromatic heterocycles. The summed E-state index contributed by atoms with van der Waals surface area (Å²) in [6.07, 6.45) is 2.86. The number of hydrogen-bond donors (Lipinski definition) is 0. The molecule has 1 saturated carbocycles. The van der Waals surface area contributed by atoms with Crippen molar-refractivity contribution in [3.8, 4) is 5.75 Å². The standard InChI is InChI=1S/C16H20O3/c1-11-7-8-12(9-14(11)17)10-15(18)13-5-3-4-6-16(13)19-2/h3-6,11-12H,7-10H2,1-2H3/t11-,12-/m1/s1. The molecule has 19 heavy (non-hydrogen) atoms. The SMILES string of the molecule is COc1ccccc1C(=O)C[C@@H]1CC[C@@H](C)C(=O)C1. The Morgan fingerprint density at radius 3 is 2.74 bits per heavy atom. The third-order valence-corrected chi connectivity index (χ3v) is 3.93. The minimum atomic E-state index is 0.0739. The van der Waals surface area contributed by atoms with Crippen LogP contribution in [0.1, 0.15) is 43.0 Å². The maximum absolute atomic E-state index is 12.3. The van der Waals surface area contributed by atoms with Crippen molar-refractivity contribution in [1.29, 1.82) is 0 Å². The number of benzene rings is 1. The van der Waals surface area contributed by atoms with Crippen LogP contribution in [0.4, 0.5) is 0 Å². The quantitative estimate of drug-likeness (QED) is 0.780. The van der Waals surface area contributed by atoms with Crippen LogP contribution in [0.5, 0.6) is 5.75 Å². The summed E-state index contributed by atoms with van der Waals surface area (Å²) in [5.74, 6) is 1.34. The third-order valence-electron chi connectivity index (χ3n) is 3.93. The molecular formula is C16H20O3. The lowest BCUT2D eigenvalue weighted by Gasteiger charge is -2.24. The molecule has 1 aliphatic rings. The molecular weight excluding hydrogens is 240 g/mol. The molecule has 3 nitrogen and oxygen atoms in total. The summed E-state index contributed by atoms with van der Waals surface area (Å²) in [5.41, 5.74) is 0.621. The van der Waals surface area contributed by atoms with Crippen molar-refractivity contribution < 1.29 is 14.3 Å². The van der Waals surface area contributed by atoms with Crippen molar-refractivity contribution in [2.75, 3.05) is 7.11 Å². The van der Waals surface area contributed by atoms with Crippen LogP contribution in [0.15, 0.2) is 24.3 Å². The van der Waals surface area contributed by atoms with Crippen LogP contribution in [-0.2, 0) is 4.79 Å². The Kier molecular flexibility index (Phi) is 4.35. The summed E-state index contributed by atoms with van der Waals surface area (Å²) in [5, 5.41) is 0. The van der Waals surface area contributed by atoms with Gasteiger partial charge < -0.3 is 4.74 Å². The van der Waals surface area contributed by atoms with Gasteiger partial charge in [0.1, 0.15) is 11.5 Å². The van der Waals surface area contributed by atoms with Crippen LogP contribution in [-0.4, -0.2) is 18.7 Å². The fourth-order valence-electron chi connectivity index (χ4n) is 2.66. The molecule has 0 aliphatic heterocycles. The second kappa shape index (κ2) is 6.00. The van der Waals surface area contributed by atoms with Gasteiger partial charge in [0.05, 0.1) is 12.7 Å². The molecule has 0 N–H and O–H groups in total. The van der Waals surface area contributed by atoms with Gasteiger partial charge in [-0.05, 0) is 30.9 Å². The molecule has 2 atom stereocenters. The van der Waals surface area contributed by atoms with Crippen LogP contribution in [0.3, 0.4) is 0 Å². The molecule has 1 aliphatic carbocycles. The van der Waals surface area contributed by atoms with Gasteiger partial charge in [0, 0.05) is 18.8 Å². The molecule has 0 unspecified atom stereocenters. The Morgan fingerprint density at radius 2 is 2.05 bits per heavy atom. The lowest BCUT2D eigenvalue weighted by molar-refractivity contribution is -0.125. The predicted molar refractivity (Wildman–Crippen MR) is 73.5 cm³/mol. The smallest absolute Gasteiger partial charge is 0.166 e. The van der Waals surface area contributed by atoms with E-state index in [9.17, 15) is 9.59 Å². The Bertz CT molecular complexity index is 479. The summed E-state index contributed by atoms with van der Waals surface area (Å²) >= 11 is 0. The number of ketones is 2. The molecule has 0 heterocycles. The Hall–Kier alpha value is -1.64. The molecule has 2 rings (SSSR count). The van der Waals surface area contributed by atoms with Crippen molar-refractivity contribution in [2.24, 2.45) is 11.8 Å². The molecule has 102 valence electrons. The lowest BCUT2D eigenvalue weighted by Crippen LogP contribution is -2.24. The normalized spacial score (nSPS) is 23.2. The number of carbonyl (C=O) groups excluding carboxylic acids is 2. The van der Waals surface area contributed by atoms with Gasteiger partial charge in [-0.15, -0.1) is 0 Å². The molecule has 0 amide bonds. The minimum absolute atomic E-state index is 0.0739. The number of methoxy groups -OCH3 is 1. The van der Waals surface area contributed by atoms with Crippen LogP contribution in [0, 0.1) is 11.8 Å². The summed E-state index contributed by atoms with van der Waals surface area (Å²) < 4.78 is 5.21. The van der Waals surface area contributed by atoms with Gasteiger partial charge in [0.2, 0.25) is 0 Å². The van der Waals surface area contributed by atoms with Crippen LogP contribution >= 0.6 is 0 Å². The number of ether oxygens (including phenoxy) is 1. The predicted octanol–water partition coefficient (Wildman–Crippen LogP) is 3.27. The first kappa shape index (κ1) is 13.8. The molecule has 0 bridgehead atoms. The Labute approximate surface area is 114 Å². The van der Waals surface area contributed by atoms with Gasteiger partial charge in [-0.1, -0.05) is 19.1 Å². The van der Waals surface area contributed by atoms with Crippen LogP contribution in [0.25, 0.3) is 0 Å². The molecule has 1 fully saturated rings. The number of para-hydroxylation sites is 1. The second-order valence-electron chi connectivity index (χ2n) is 5.34. The van der Waals surface area contributed by atoms with Crippen molar-refractivity contribution in [3.63, 3.8) is 0 Å². The van der Waals surface area contributed by atoms with Crippen molar-refractivity contribution in [1.82, 2.24) is 0 Å². The van der Waals surface area contributed by atoms with Crippen LogP contribution < -0.4 is 4.74 Å². The highest BCUT2D eigenvalue weighted by Crippen LogP contribution is 2.30. The van der Waals surface area contributed by atoms with E-state index >= 15 is 0 Å². The fraction of sp³-hybridized carbons (Fsp3) is 0.500. The van der Waals surface area contributed by atoms with Gasteiger partial charge in [-0.3, -0.25) is 9.59 Å². The zero-order valence-electron chi connectivity index (χ0n) is 11.5. The van der Waals surface area contributed by atoms with E-state index in [1.165, 1.54) is 0 Å². The zero-order valence-corrected chi connectivity index (χ0v) is 11.5. The third kappa shape index (κ3) is 3.22. The van der Waals surface area contributed by atoms with E-state index < -0.39 is 0 Å². The van der Waals surface area contributed by atoms with E-state index in [2.05, 4.69) is 0 Å². The molecule has 3 heteroatoms. The molecule has 1 aromatic rings.